The van der Waals surface area contributed by atoms with E-state index in [0.29, 0.717) is 6.54 Å². The maximum Gasteiger partial charge on any atom is 0.336 e. The van der Waals surface area contributed by atoms with Crippen molar-refractivity contribution < 1.29 is 43.9 Å². The molecule has 3 rings (SSSR count). The van der Waals surface area contributed by atoms with Gasteiger partial charge in [-0.2, -0.15) is 0 Å². The molecule has 0 radical (unpaired) electrons. The Kier molecular flexibility index (Phi) is 12.4. The monoisotopic (exact) mass is 573 g/mol. The molecule has 0 fully saturated rings. The molecule has 0 saturated heterocycles. The van der Waals surface area contributed by atoms with Crippen molar-refractivity contribution in [3.05, 3.63) is 83.2 Å². The van der Waals surface area contributed by atoms with E-state index in [1.54, 1.807) is 19.4 Å². The fourth-order valence-corrected chi connectivity index (χ4v) is 4.18. The highest BCUT2D eigenvalue weighted by molar-refractivity contribution is 5.88. The molecule has 0 unspecified atom stereocenters. The van der Waals surface area contributed by atoms with Crippen LogP contribution in [-0.4, -0.2) is 72.0 Å². The maximum absolute atomic E-state index is 14.2. The highest BCUT2D eigenvalue weighted by Crippen LogP contribution is 2.25. The molecule has 41 heavy (non-hydrogen) atoms. The first-order valence-corrected chi connectivity index (χ1v) is 12.8. The van der Waals surface area contributed by atoms with E-state index in [1.807, 2.05) is 30.7 Å². The van der Waals surface area contributed by atoms with Gasteiger partial charge in [-0.15, -0.1) is 0 Å². The Bertz CT molecular complexity index is 1300. The van der Waals surface area contributed by atoms with Gasteiger partial charge >= 0.3 is 17.9 Å². The zero-order chi connectivity index (χ0) is 30.6. The summed E-state index contributed by atoms with van der Waals surface area (Å²) in [5.41, 5.74) is 1.62. The minimum Gasteiger partial charge on any atom is -0.496 e. The van der Waals surface area contributed by atoms with Gasteiger partial charge in [-0.1, -0.05) is 24.3 Å². The molecule has 0 atom stereocenters. The van der Waals surface area contributed by atoms with Crippen LogP contribution in [0.5, 0.6) is 5.75 Å². The lowest BCUT2D eigenvalue weighted by molar-refractivity contribution is -0.170. The molecule has 222 valence electrons. The third-order valence-corrected chi connectivity index (χ3v) is 6.55. The number of aryl methyl sites for hydroxylation is 1. The number of ether oxygens (including phenoxy) is 1. The molecule has 2 aromatic carbocycles. The summed E-state index contributed by atoms with van der Waals surface area (Å²) in [5.74, 6) is -4.26. The van der Waals surface area contributed by atoms with Crippen molar-refractivity contribution >= 4 is 17.9 Å². The standard InChI is InChI=1S/C23H28FN3O.C6H8O7/c1-18-19(2)23(28-3)10-9-20(18)15-27(13-6-12-26-14-11-25-17-26)16-21-7-4-5-8-22(21)24;7-3(8)1-6(13,5(11)12)2-4(9)10/h4-5,7-11,14,17H,6,12-13,15-16H2,1-3H3;13H,1-2H2,(H,7,8)(H,9,10)(H,11,12). The van der Waals surface area contributed by atoms with Crippen molar-refractivity contribution in [1.29, 1.82) is 0 Å². The van der Waals surface area contributed by atoms with Crippen molar-refractivity contribution in [2.45, 2.75) is 58.3 Å². The van der Waals surface area contributed by atoms with E-state index < -0.39 is 36.4 Å². The minimum absolute atomic E-state index is 0.148. The van der Waals surface area contributed by atoms with E-state index in [0.717, 1.165) is 42.9 Å². The maximum atomic E-state index is 14.2. The van der Waals surface area contributed by atoms with Gasteiger partial charge in [0, 0.05) is 44.1 Å². The SMILES string of the molecule is COc1ccc(CN(CCCn2ccnc2)Cc2ccccc2F)c(C)c1C.O=C(O)CC(O)(CC(=O)O)C(=O)O. The van der Waals surface area contributed by atoms with Crippen LogP contribution in [0.25, 0.3) is 0 Å². The molecule has 0 aliphatic rings. The van der Waals surface area contributed by atoms with Gasteiger partial charge in [0.15, 0.2) is 5.60 Å². The van der Waals surface area contributed by atoms with Gasteiger partial charge in [-0.05, 0) is 49.1 Å². The van der Waals surface area contributed by atoms with Crippen molar-refractivity contribution in [3.8, 4) is 5.75 Å². The Morgan fingerprint density at radius 3 is 2.15 bits per heavy atom. The number of carbonyl (C=O) groups is 3. The predicted molar refractivity (Wildman–Crippen MR) is 147 cm³/mol. The second-order valence-electron chi connectivity index (χ2n) is 9.61. The molecule has 12 heteroatoms. The topological polar surface area (TPSA) is 162 Å². The van der Waals surface area contributed by atoms with E-state index >= 15 is 0 Å². The number of hydrogen-bond acceptors (Lipinski definition) is 7. The van der Waals surface area contributed by atoms with Crippen LogP contribution in [-0.2, 0) is 34.0 Å². The van der Waals surface area contributed by atoms with Crippen molar-refractivity contribution in [1.82, 2.24) is 14.5 Å². The van der Waals surface area contributed by atoms with Gasteiger partial charge in [0.05, 0.1) is 26.3 Å². The van der Waals surface area contributed by atoms with E-state index in [2.05, 4.69) is 34.4 Å². The second-order valence-corrected chi connectivity index (χ2v) is 9.61. The first kappa shape index (κ1) is 32.9. The normalized spacial score (nSPS) is 11.1. The van der Waals surface area contributed by atoms with Crippen LogP contribution in [0.4, 0.5) is 4.39 Å². The molecular formula is C29H36FN3O8. The molecule has 0 saturated carbocycles. The van der Waals surface area contributed by atoms with Gasteiger partial charge in [-0.3, -0.25) is 14.5 Å². The Morgan fingerprint density at radius 1 is 0.976 bits per heavy atom. The molecule has 0 spiro atoms. The zero-order valence-corrected chi connectivity index (χ0v) is 23.3. The Labute approximate surface area is 237 Å². The number of benzene rings is 2. The number of carboxylic acid groups (broad SMARTS) is 3. The summed E-state index contributed by atoms with van der Waals surface area (Å²) in [6.07, 6.45) is 4.28. The van der Waals surface area contributed by atoms with Crippen LogP contribution < -0.4 is 4.74 Å². The number of rotatable bonds is 14. The van der Waals surface area contributed by atoms with E-state index in [4.69, 9.17) is 25.2 Å². The van der Waals surface area contributed by atoms with Crippen LogP contribution in [0.2, 0.25) is 0 Å². The van der Waals surface area contributed by atoms with Gasteiger partial charge < -0.3 is 29.7 Å². The van der Waals surface area contributed by atoms with E-state index in [9.17, 15) is 18.8 Å². The average molecular weight is 574 g/mol. The van der Waals surface area contributed by atoms with Gasteiger partial charge in [0.25, 0.3) is 0 Å². The molecule has 1 aromatic heterocycles. The summed E-state index contributed by atoms with van der Waals surface area (Å²) in [6.45, 7) is 7.33. The fourth-order valence-electron chi connectivity index (χ4n) is 4.18. The summed E-state index contributed by atoms with van der Waals surface area (Å²) < 4.78 is 21.7. The number of methoxy groups -OCH3 is 1. The summed E-state index contributed by atoms with van der Waals surface area (Å²) >= 11 is 0. The minimum atomic E-state index is -2.74. The fraction of sp³-hybridized carbons (Fsp3) is 0.379. The number of hydrogen-bond donors (Lipinski definition) is 4. The van der Waals surface area contributed by atoms with Crippen LogP contribution in [0.3, 0.4) is 0 Å². The third kappa shape index (κ3) is 10.3. The van der Waals surface area contributed by atoms with Gasteiger partial charge in [-0.25, -0.2) is 14.2 Å². The van der Waals surface area contributed by atoms with E-state index in [-0.39, 0.29) is 5.82 Å². The number of aliphatic hydroxyl groups is 1. The lowest BCUT2D eigenvalue weighted by Gasteiger charge is -2.24. The van der Waals surface area contributed by atoms with Gasteiger partial charge in [0.2, 0.25) is 0 Å². The second kappa shape index (κ2) is 15.5. The molecule has 3 aromatic rings. The molecule has 0 amide bonds. The first-order chi connectivity index (χ1) is 19.4. The number of nitrogens with zero attached hydrogens (tertiary/aromatic N) is 3. The van der Waals surface area contributed by atoms with Crippen LogP contribution in [0.1, 0.15) is 41.5 Å². The molecule has 4 N–H and O–H groups in total. The van der Waals surface area contributed by atoms with Crippen molar-refractivity contribution in [2.24, 2.45) is 0 Å². The Balaban J connectivity index is 0.000000383. The summed E-state index contributed by atoms with van der Waals surface area (Å²) in [4.78, 5) is 36.9. The molecule has 0 aliphatic heterocycles. The number of carboxylic acids is 3. The lowest BCUT2D eigenvalue weighted by Crippen LogP contribution is -2.42. The number of halogens is 1. The third-order valence-electron chi connectivity index (χ3n) is 6.55. The van der Waals surface area contributed by atoms with Crippen LogP contribution >= 0.6 is 0 Å². The molecule has 0 bridgehead atoms. The summed E-state index contributed by atoms with van der Waals surface area (Å²) in [6, 6.07) is 11.2. The lowest BCUT2D eigenvalue weighted by atomic mass is 9.96. The Morgan fingerprint density at radius 2 is 1.61 bits per heavy atom. The number of aromatic nitrogens is 2. The molecule has 1 heterocycles. The van der Waals surface area contributed by atoms with Crippen LogP contribution in [0, 0.1) is 19.7 Å². The number of aliphatic carboxylic acids is 3. The Hall–Kier alpha value is -4.29. The van der Waals surface area contributed by atoms with Crippen molar-refractivity contribution in [2.75, 3.05) is 13.7 Å². The molecule has 11 nitrogen and oxygen atoms in total. The average Bonchev–Trinajstić information content (AvgIpc) is 3.41. The summed E-state index contributed by atoms with van der Waals surface area (Å²) in [7, 11) is 1.70. The van der Waals surface area contributed by atoms with E-state index in [1.165, 1.54) is 17.2 Å². The van der Waals surface area contributed by atoms with Crippen LogP contribution in [0.15, 0.2) is 55.1 Å². The number of imidazole rings is 1. The van der Waals surface area contributed by atoms with Crippen molar-refractivity contribution in [3.63, 3.8) is 0 Å². The summed E-state index contributed by atoms with van der Waals surface area (Å²) in [5, 5.41) is 33.8. The smallest absolute Gasteiger partial charge is 0.336 e. The highest BCUT2D eigenvalue weighted by Gasteiger charge is 2.40. The molecule has 0 aliphatic carbocycles. The zero-order valence-electron chi connectivity index (χ0n) is 23.3. The highest BCUT2D eigenvalue weighted by atomic mass is 19.1. The molecular weight excluding hydrogens is 537 g/mol. The predicted octanol–water partition coefficient (Wildman–Crippen LogP) is 3.49. The quantitative estimate of drug-likeness (QED) is 0.225. The largest absolute Gasteiger partial charge is 0.496 e. The van der Waals surface area contributed by atoms with Gasteiger partial charge in [0.1, 0.15) is 11.6 Å². The first-order valence-electron chi connectivity index (χ1n) is 12.8.